The number of hydrogen-bond acceptors (Lipinski definition) is 7. The van der Waals surface area contributed by atoms with Gasteiger partial charge in [0.15, 0.2) is 0 Å². The summed E-state index contributed by atoms with van der Waals surface area (Å²) in [4.78, 5) is -0.0265. The lowest BCUT2D eigenvalue weighted by atomic mass is 9.99. The minimum atomic E-state index is -4.02. The van der Waals surface area contributed by atoms with Gasteiger partial charge in [-0.1, -0.05) is 32.9 Å². The zero-order chi connectivity index (χ0) is 28.3. The molecule has 1 N–H and O–H groups in total. The maximum Gasteiger partial charge on any atom is 0.264 e. The van der Waals surface area contributed by atoms with E-state index in [4.69, 9.17) is 9.52 Å². The first-order chi connectivity index (χ1) is 17.6. The molecule has 0 amide bonds. The molecule has 1 saturated heterocycles. The molecule has 0 saturated carbocycles. The lowest BCUT2D eigenvalue weighted by molar-refractivity contribution is 0.183. The van der Waals surface area contributed by atoms with Crippen molar-refractivity contribution in [3.63, 3.8) is 0 Å². The van der Waals surface area contributed by atoms with Crippen LogP contribution in [0.25, 0.3) is 0 Å². The highest BCUT2D eigenvalue weighted by molar-refractivity contribution is 7.93. The SMILES string of the molecule is CCc1ccc(N(CC(C)C)S(=O)(=O)c2ccc(OCC3CCN(S(C)(=O)=O)CC3)c(S(C)(=N)=O)c2)cc1. The van der Waals surface area contributed by atoms with Crippen molar-refractivity contribution in [1.29, 1.82) is 4.78 Å². The summed E-state index contributed by atoms with van der Waals surface area (Å²) in [5.74, 6) is 0.355. The molecule has 1 fully saturated rings. The number of nitrogens with one attached hydrogen (secondary N) is 1. The summed E-state index contributed by atoms with van der Waals surface area (Å²) in [6.07, 6.45) is 4.52. The highest BCUT2D eigenvalue weighted by Gasteiger charge is 2.29. The summed E-state index contributed by atoms with van der Waals surface area (Å²) >= 11 is 0. The van der Waals surface area contributed by atoms with Crippen molar-refractivity contribution in [3.05, 3.63) is 48.0 Å². The lowest BCUT2D eigenvalue weighted by Crippen LogP contribution is -2.39. The van der Waals surface area contributed by atoms with Gasteiger partial charge in [-0.2, -0.15) is 0 Å². The molecule has 1 aliphatic rings. The first-order valence-electron chi connectivity index (χ1n) is 12.7. The smallest absolute Gasteiger partial charge is 0.264 e. The molecule has 1 unspecified atom stereocenters. The van der Waals surface area contributed by atoms with Crippen molar-refractivity contribution in [2.24, 2.45) is 11.8 Å². The third-order valence-corrected chi connectivity index (χ3v) is 10.9. The van der Waals surface area contributed by atoms with Crippen LogP contribution in [0.5, 0.6) is 5.75 Å². The highest BCUT2D eigenvalue weighted by Crippen LogP contribution is 2.32. The molecule has 0 spiro atoms. The predicted molar refractivity (Wildman–Crippen MR) is 151 cm³/mol. The Morgan fingerprint density at radius 3 is 2.11 bits per heavy atom. The topological polar surface area (TPSA) is 125 Å². The molecule has 0 aliphatic carbocycles. The Hall–Kier alpha value is -2.15. The Kier molecular flexibility index (Phi) is 9.54. The van der Waals surface area contributed by atoms with Crippen molar-refractivity contribution >= 4 is 35.5 Å². The van der Waals surface area contributed by atoms with Crippen LogP contribution >= 0.6 is 0 Å². The molecule has 0 radical (unpaired) electrons. The zero-order valence-electron chi connectivity index (χ0n) is 22.7. The number of anilines is 1. The third-order valence-electron chi connectivity index (χ3n) is 6.60. The van der Waals surface area contributed by atoms with Gasteiger partial charge in [0.1, 0.15) is 5.75 Å². The molecule has 0 bridgehead atoms. The maximum atomic E-state index is 13.8. The maximum absolute atomic E-state index is 13.8. The minimum Gasteiger partial charge on any atom is -0.492 e. The fourth-order valence-corrected chi connectivity index (χ4v) is 7.85. The number of aryl methyl sites for hydroxylation is 1. The summed E-state index contributed by atoms with van der Waals surface area (Å²) < 4.78 is 81.0. The average Bonchev–Trinajstić information content (AvgIpc) is 2.85. The zero-order valence-corrected chi connectivity index (χ0v) is 25.2. The van der Waals surface area contributed by atoms with Gasteiger partial charge in [0.05, 0.1) is 38.1 Å². The van der Waals surface area contributed by atoms with E-state index in [1.54, 1.807) is 12.1 Å². The summed E-state index contributed by atoms with van der Waals surface area (Å²) in [6, 6.07) is 11.6. The molecule has 38 heavy (non-hydrogen) atoms. The van der Waals surface area contributed by atoms with Crippen molar-refractivity contribution in [2.45, 2.75) is 49.8 Å². The molecule has 0 aromatic heterocycles. The Morgan fingerprint density at radius 2 is 1.61 bits per heavy atom. The van der Waals surface area contributed by atoms with E-state index in [2.05, 4.69) is 0 Å². The molecular formula is C26H39N3O6S3. The Labute approximate surface area is 228 Å². The molecule has 2 aromatic rings. The van der Waals surface area contributed by atoms with Gasteiger partial charge in [-0.15, -0.1) is 0 Å². The molecule has 3 rings (SSSR count). The average molecular weight is 586 g/mol. The molecule has 212 valence electrons. The second kappa shape index (κ2) is 11.9. The van der Waals surface area contributed by atoms with Crippen molar-refractivity contribution in [2.75, 3.05) is 43.1 Å². The van der Waals surface area contributed by atoms with Gasteiger partial charge in [0.2, 0.25) is 10.0 Å². The molecule has 1 heterocycles. The number of sulfonamides is 2. The fourth-order valence-electron chi connectivity index (χ4n) is 4.39. The van der Waals surface area contributed by atoms with Crippen molar-refractivity contribution in [1.82, 2.24) is 4.31 Å². The third kappa shape index (κ3) is 7.49. The van der Waals surface area contributed by atoms with Crippen LogP contribution < -0.4 is 9.04 Å². The second-order valence-corrected chi connectivity index (χ2v) is 16.3. The molecule has 1 aliphatic heterocycles. The Morgan fingerprint density at radius 1 is 1.00 bits per heavy atom. The van der Waals surface area contributed by atoms with Crippen molar-refractivity contribution < 1.29 is 25.8 Å². The van der Waals surface area contributed by atoms with Crippen LogP contribution in [0.1, 0.15) is 39.2 Å². The standard InChI is InChI=1S/C26H39N3O6S3/c1-6-21-7-9-23(10-8-21)29(18-20(2)3)38(33,34)24-11-12-25(26(17-24)36(4,27)30)35-19-22-13-15-28(16-14-22)37(5,31)32/h7-12,17,20,22,27H,6,13-16,18-19H2,1-5H3. The minimum absolute atomic E-state index is 0.0259. The summed E-state index contributed by atoms with van der Waals surface area (Å²) in [5.41, 5.74) is 1.64. The van der Waals surface area contributed by atoms with Crippen LogP contribution in [0.4, 0.5) is 5.69 Å². The highest BCUT2D eigenvalue weighted by atomic mass is 32.2. The number of piperidine rings is 1. The summed E-state index contributed by atoms with van der Waals surface area (Å²) in [7, 11) is -10.6. The Balaban J connectivity index is 1.89. The molecule has 12 heteroatoms. The van der Waals surface area contributed by atoms with E-state index in [0.29, 0.717) is 31.6 Å². The first kappa shape index (κ1) is 30.4. The summed E-state index contributed by atoms with van der Waals surface area (Å²) in [6.45, 7) is 7.24. The van der Waals surface area contributed by atoms with E-state index in [1.165, 1.54) is 39.3 Å². The lowest BCUT2D eigenvalue weighted by Gasteiger charge is -2.30. The van der Waals surface area contributed by atoms with Gasteiger partial charge in [0, 0.05) is 25.9 Å². The molecular weight excluding hydrogens is 547 g/mol. The second-order valence-electron chi connectivity index (χ2n) is 10.3. The molecule has 1 atom stereocenters. The van der Waals surface area contributed by atoms with Crippen LogP contribution in [0.2, 0.25) is 0 Å². The van der Waals surface area contributed by atoms with Crippen LogP contribution in [-0.4, -0.2) is 64.1 Å². The van der Waals surface area contributed by atoms with Crippen LogP contribution in [0.15, 0.2) is 52.3 Å². The van der Waals surface area contributed by atoms with E-state index in [1.807, 2.05) is 32.9 Å². The number of nitrogens with zero attached hydrogens (tertiary/aromatic N) is 2. The number of ether oxygens (including phenoxy) is 1. The van der Waals surface area contributed by atoms with Gasteiger partial charge in [0.25, 0.3) is 10.0 Å². The quantitative estimate of drug-likeness (QED) is 0.422. The monoisotopic (exact) mass is 585 g/mol. The van der Waals surface area contributed by atoms with Crippen molar-refractivity contribution in [3.8, 4) is 5.75 Å². The van der Waals surface area contributed by atoms with E-state index < -0.39 is 29.8 Å². The fraction of sp³-hybridized carbons (Fsp3) is 0.538. The van der Waals surface area contributed by atoms with E-state index in [0.717, 1.165) is 12.0 Å². The van der Waals surface area contributed by atoms with E-state index >= 15 is 0 Å². The van der Waals surface area contributed by atoms with Crippen LogP contribution in [0, 0.1) is 16.6 Å². The predicted octanol–water partition coefficient (Wildman–Crippen LogP) is 4.19. The van der Waals surface area contributed by atoms with E-state index in [-0.39, 0.29) is 40.5 Å². The van der Waals surface area contributed by atoms with E-state index in [9.17, 15) is 21.0 Å². The van der Waals surface area contributed by atoms with Gasteiger partial charge >= 0.3 is 0 Å². The summed E-state index contributed by atoms with van der Waals surface area (Å²) in [5, 5.41) is 0. The first-order valence-corrected chi connectivity index (χ1v) is 18.0. The van der Waals surface area contributed by atoms with Gasteiger partial charge < -0.3 is 4.74 Å². The van der Waals surface area contributed by atoms with Crippen LogP contribution in [-0.2, 0) is 36.2 Å². The largest absolute Gasteiger partial charge is 0.492 e. The molecule has 9 nitrogen and oxygen atoms in total. The number of hydrogen-bond donors (Lipinski definition) is 1. The number of rotatable bonds is 11. The van der Waals surface area contributed by atoms with Gasteiger partial charge in [-0.25, -0.2) is 30.1 Å². The molecule has 2 aromatic carbocycles. The normalized spacial score (nSPS) is 17.3. The van der Waals surface area contributed by atoms with Gasteiger partial charge in [-0.05, 0) is 67.0 Å². The Bertz CT molecular complexity index is 1430. The number of benzene rings is 2. The van der Waals surface area contributed by atoms with Gasteiger partial charge in [-0.3, -0.25) is 4.31 Å². The van der Waals surface area contributed by atoms with Crippen LogP contribution in [0.3, 0.4) is 0 Å².